The predicted molar refractivity (Wildman–Crippen MR) is 80.2 cm³/mol. The van der Waals surface area contributed by atoms with Gasteiger partial charge in [-0.1, -0.05) is 29.8 Å². The molecule has 0 aliphatic rings. The monoisotopic (exact) mass is 328 g/mol. The molecule has 0 aliphatic carbocycles. The van der Waals surface area contributed by atoms with Crippen molar-refractivity contribution in [1.82, 2.24) is 9.97 Å². The number of halogens is 1. The van der Waals surface area contributed by atoms with Crippen LogP contribution in [0.15, 0.2) is 29.1 Å². The number of nitrogens with one attached hydrogen (secondary N) is 1. The summed E-state index contributed by atoms with van der Waals surface area (Å²) >= 11 is 5.99. The van der Waals surface area contributed by atoms with E-state index >= 15 is 0 Å². The third-order valence-corrected chi connectivity index (χ3v) is 4.93. The minimum atomic E-state index is -3.44. The van der Waals surface area contributed by atoms with Gasteiger partial charge < -0.3 is 10.1 Å². The minimum absolute atomic E-state index is 0.0925. The molecule has 0 saturated carbocycles. The number of aromatic amines is 1. The highest BCUT2D eigenvalue weighted by molar-refractivity contribution is 7.90. The Bertz CT molecular complexity index is 845. The lowest BCUT2D eigenvalue weighted by Crippen LogP contribution is -2.19. The van der Waals surface area contributed by atoms with E-state index in [1.54, 1.807) is 24.3 Å². The van der Waals surface area contributed by atoms with Gasteiger partial charge in [-0.3, -0.25) is 4.79 Å². The molecule has 0 aliphatic heterocycles. The first-order valence-electron chi connectivity index (χ1n) is 5.98. The molecule has 0 saturated heterocycles. The molecular weight excluding hydrogens is 316 g/mol. The molecule has 0 radical (unpaired) electrons. The Morgan fingerprint density at radius 3 is 2.48 bits per heavy atom. The lowest BCUT2D eigenvalue weighted by atomic mass is 10.1. The van der Waals surface area contributed by atoms with Gasteiger partial charge in [-0.05, 0) is 13.0 Å². The molecular formula is C13H13ClN2O4S. The summed E-state index contributed by atoms with van der Waals surface area (Å²) in [6, 6.07) is 6.48. The maximum Gasteiger partial charge on any atom is 0.262 e. The molecule has 112 valence electrons. The third-order valence-electron chi connectivity index (χ3n) is 3.09. The Labute approximate surface area is 126 Å². The van der Waals surface area contributed by atoms with Gasteiger partial charge in [0.1, 0.15) is 16.6 Å². The molecule has 21 heavy (non-hydrogen) atoms. The average molecular weight is 329 g/mol. The normalized spacial score (nSPS) is 13.1. The number of nitrogens with zero attached hydrogens (tertiary/aromatic N) is 1. The Morgan fingerprint density at radius 1 is 1.33 bits per heavy atom. The number of aromatic nitrogens is 2. The molecule has 6 nitrogen and oxygen atoms in total. The molecule has 2 rings (SSSR count). The number of hydrogen-bond donors (Lipinski definition) is 2. The van der Waals surface area contributed by atoms with Crippen molar-refractivity contribution in [3.05, 3.63) is 45.5 Å². The molecule has 0 bridgehead atoms. The van der Waals surface area contributed by atoms with E-state index in [9.17, 15) is 18.3 Å². The van der Waals surface area contributed by atoms with Gasteiger partial charge in [0.05, 0.1) is 0 Å². The van der Waals surface area contributed by atoms with Gasteiger partial charge in [-0.15, -0.1) is 0 Å². The van der Waals surface area contributed by atoms with Gasteiger partial charge in [0.2, 0.25) is 5.88 Å². The highest BCUT2D eigenvalue weighted by atomic mass is 35.5. The predicted octanol–water partition coefficient (Wildman–Crippen LogP) is 1.90. The van der Waals surface area contributed by atoms with Gasteiger partial charge in [0.25, 0.3) is 5.56 Å². The van der Waals surface area contributed by atoms with Crippen molar-refractivity contribution in [3.63, 3.8) is 0 Å². The van der Waals surface area contributed by atoms with Crippen LogP contribution in [0, 0.1) is 0 Å². The molecule has 1 aromatic heterocycles. The fraction of sp³-hybridized carbons (Fsp3) is 0.231. The van der Waals surface area contributed by atoms with E-state index in [1.807, 2.05) is 0 Å². The lowest BCUT2D eigenvalue weighted by molar-refractivity contribution is 0.449. The van der Waals surface area contributed by atoms with E-state index in [4.69, 9.17) is 11.6 Å². The van der Waals surface area contributed by atoms with Crippen LogP contribution < -0.4 is 5.56 Å². The van der Waals surface area contributed by atoms with Gasteiger partial charge >= 0.3 is 0 Å². The number of aromatic hydroxyl groups is 1. The van der Waals surface area contributed by atoms with Crippen molar-refractivity contribution in [2.75, 3.05) is 6.26 Å². The molecule has 0 spiro atoms. The Hall–Kier alpha value is -1.86. The number of hydrogen-bond acceptors (Lipinski definition) is 5. The zero-order valence-electron chi connectivity index (χ0n) is 11.3. The van der Waals surface area contributed by atoms with Crippen molar-refractivity contribution in [3.8, 4) is 17.0 Å². The summed E-state index contributed by atoms with van der Waals surface area (Å²) in [5.74, 6) is -0.673. The van der Waals surface area contributed by atoms with Crippen molar-refractivity contribution in [2.24, 2.45) is 0 Å². The fourth-order valence-corrected chi connectivity index (χ4v) is 2.53. The highest BCUT2D eigenvalue weighted by Gasteiger charge is 2.23. The van der Waals surface area contributed by atoms with Gasteiger partial charge in [-0.2, -0.15) is 4.98 Å². The number of sulfone groups is 1. The first kappa shape index (κ1) is 15.5. The van der Waals surface area contributed by atoms with Crippen LogP contribution in [-0.2, 0) is 9.84 Å². The van der Waals surface area contributed by atoms with Crippen molar-refractivity contribution < 1.29 is 13.5 Å². The highest BCUT2D eigenvalue weighted by Crippen LogP contribution is 2.30. The lowest BCUT2D eigenvalue weighted by Gasteiger charge is -2.11. The topological polar surface area (TPSA) is 100 Å². The molecule has 1 atom stereocenters. The van der Waals surface area contributed by atoms with Crippen LogP contribution in [-0.4, -0.2) is 29.7 Å². The first-order chi connectivity index (χ1) is 9.71. The Morgan fingerprint density at radius 2 is 1.95 bits per heavy atom. The maximum absolute atomic E-state index is 12.1. The molecule has 2 aromatic rings. The minimum Gasteiger partial charge on any atom is -0.493 e. The third kappa shape index (κ3) is 3.08. The summed E-state index contributed by atoms with van der Waals surface area (Å²) in [6.07, 6.45) is 1.02. The van der Waals surface area contributed by atoms with Crippen LogP contribution in [0.25, 0.3) is 11.1 Å². The van der Waals surface area contributed by atoms with Crippen LogP contribution in [0.3, 0.4) is 0 Å². The van der Waals surface area contributed by atoms with E-state index in [0.29, 0.717) is 5.56 Å². The van der Waals surface area contributed by atoms with Gasteiger partial charge in [0, 0.05) is 16.8 Å². The van der Waals surface area contributed by atoms with Crippen molar-refractivity contribution in [1.29, 1.82) is 0 Å². The quantitative estimate of drug-likeness (QED) is 0.896. The van der Waals surface area contributed by atoms with Crippen LogP contribution in [0.5, 0.6) is 5.88 Å². The Balaban J connectivity index is 2.64. The molecule has 2 N–H and O–H groups in total. The summed E-state index contributed by atoms with van der Waals surface area (Å²) in [5, 5.41) is 9.23. The summed E-state index contributed by atoms with van der Waals surface area (Å²) in [4.78, 5) is 18.3. The zero-order valence-corrected chi connectivity index (χ0v) is 12.9. The van der Waals surface area contributed by atoms with E-state index in [1.165, 1.54) is 6.92 Å². The van der Waals surface area contributed by atoms with Crippen LogP contribution in [0.1, 0.15) is 18.0 Å². The van der Waals surface area contributed by atoms with E-state index in [-0.39, 0.29) is 16.4 Å². The molecule has 8 heteroatoms. The second kappa shape index (κ2) is 5.50. The zero-order chi connectivity index (χ0) is 15.8. The van der Waals surface area contributed by atoms with Crippen LogP contribution in [0.2, 0.25) is 5.02 Å². The second-order valence-electron chi connectivity index (χ2n) is 4.60. The van der Waals surface area contributed by atoms with Crippen molar-refractivity contribution >= 4 is 21.4 Å². The number of rotatable bonds is 3. The fourth-order valence-electron chi connectivity index (χ4n) is 1.78. The average Bonchev–Trinajstić information content (AvgIpc) is 2.38. The molecule has 0 amide bonds. The smallest absolute Gasteiger partial charge is 0.262 e. The van der Waals surface area contributed by atoms with Crippen molar-refractivity contribution in [2.45, 2.75) is 12.2 Å². The second-order valence-corrected chi connectivity index (χ2v) is 7.37. The van der Waals surface area contributed by atoms with Crippen LogP contribution >= 0.6 is 11.6 Å². The Kier molecular flexibility index (Phi) is 4.06. The summed E-state index contributed by atoms with van der Waals surface area (Å²) in [6.45, 7) is 1.38. The standard InChI is InChI=1S/C13H13ClN2O4S/c1-7(21(2,19)20)11-15-12(17)10(13(18)16-11)8-5-3-4-6-9(8)14/h3-7H,1-2H3,(H2,15,16,17,18). The van der Waals surface area contributed by atoms with Gasteiger partial charge in [-0.25, -0.2) is 8.42 Å². The van der Waals surface area contributed by atoms with Crippen LogP contribution in [0.4, 0.5) is 0 Å². The largest absolute Gasteiger partial charge is 0.493 e. The summed E-state index contributed by atoms with van der Waals surface area (Å²) in [7, 11) is -3.44. The summed E-state index contributed by atoms with van der Waals surface area (Å²) in [5.41, 5.74) is -0.421. The molecule has 0 fully saturated rings. The first-order valence-corrected chi connectivity index (χ1v) is 8.32. The SMILES string of the molecule is CC(c1nc(O)c(-c2ccccc2Cl)c(=O)[nH]1)S(C)(=O)=O. The van der Waals surface area contributed by atoms with E-state index in [2.05, 4.69) is 9.97 Å². The van der Waals surface area contributed by atoms with Gasteiger partial charge in [0.15, 0.2) is 9.84 Å². The van der Waals surface area contributed by atoms with E-state index < -0.39 is 26.5 Å². The number of H-pyrrole nitrogens is 1. The van der Waals surface area contributed by atoms with E-state index in [0.717, 1.165) is 6.26 Å². The molecule has 1 unspecified atom stereocenters. The maximum atomic E-state index is 12.1. The number of benzene rings is 1. The molecule has 1 heterocycles. The molecule has 1 aromatic carbocycles. The summed E-state index contributed by atoms with van der Waals surface area (Å²) < 4.78 is 23.0.